The maximum absolute atomic E-state index is 12.1. The molecule has 0 atom stereocenters. The van der Waals surface area contributed by atoms with Crippen LogP contribution in [0.25, 0.3) is 0 Å². The lowest BCUT2D eigenvalue weighted by molar-refractivity contribution is -0.189. The van der Waals surface area contributed by atoms with E-state index in [9.17, 15) is 18.0 Å². The van der Waals surface area contributed by atoms with Gasteiger partial charge in [-0.15, -0.1) is 0 Å². The molecule has 0 aliphatic heterocycles. The fourth-order valence-corrected chi connectivity index (χ4v) is 1.38. The van der Waals surface area contributed by atoms with Crippen molar-refractivity contribution >= 4 is 11.7 Å². The van der Waals surface area contributed by atoms with Crippen molar-refractivity contribution in [3.8, 4) is 5.75 Å². The number of nitrogen functional groups attached to an aromatic ring is 1. The fourth-order valence-electron chi connectivity index (χ4n) is 1.38. The van der Waals surface area contributed by atoms with Crippen LogP contribution in [0.2, 0.25) is 0 Å². The summed E-state index contributed by atoms with van der Waals surface area (Å²) < 4.78 is 40.8. The summed E-state index contributed by atoms with van der Waals surface area (Å²) >= 11 is 0. The van der Waals surface area contributed by atoms with E-state index in [1.165, 1.54) is 18.2 Å². The molecule has 6 heteroatoms. The summed E-state index contributed by atoms with van der Waals surface area (Å²) in [6.45, 7) is 5.35. The molecule has 1 aromatic carbocycles. The Morgan fingerprint density at radius 3 is 2.22 bits per heavy atom. The van der Waals surface area contributed by atoms with Crippen molar-refractivity contribution in [1.29, 1.82) is 0 Å². The Bertz CT molecular complexity index is 461. The van der Waals surface area contributed by atoms with Crippen LogP contribution in [-0.4, -0.2) is 12.1 Å². The van der Waals surface area contributed by atoms with Crippen molar-refractivity contribution in [2.24, 2.45) is 0 Å². The number of hydrogen-bond acceptors (Lipinski definition) is 3. The van der Waals surface area contributed by atoms with E-state index >= 15 is 0 Å². The van der Waals surface area contributed by atoms with Gasteiger partial charge in [0.05, 0.1) is 0 Å². The molecule has 0 aliphatic rings. The highest BCUT2D eigenvalue weighted by atomic mass is 19.4. The van der Waals surface area contributed by atoms with Crippen LogP contribution >= 0.6 is 0 Å². The van der Waals surface area contributed by atoms with Gasteiger partial charge in [-0.2, -0.15) is 13.2 Å². The van der Waals surface area contributed by atoms with Gasteiger partial charge in [-0.3, -0.25) is 0 Å². The van der Waals surface area contributed by atoms with Crippen molar-refractivity contribution < 1.29 is 22.7 Å². The highest BCUT2D eigenvalue weighted by Gasteiger charge is 2.42. The molecular formula is C12H14F3NO2. The van der Waals surface area contributed by atoms with Crippen molar-refractivity contribution in [3.05, 3.63) is 23.8 Å². The van der Waals surface area contributed by atoms with Crippen LogP contribution in [0.5, 0.6) is 5.75 Å². The highest BCUT2D eigenvalue weighted by Crippen LogP contribution is 2.34. The quantitative estimate of drug-likeness (QED) is 0.480. The average Bonchev–Trinajstić information content (AvgIpc) is 2.17. The number of anilines is 1. The van der Waals surface area contributed by atoms with Gasteiger partial charge in [0.15, 0.2) is 0 Å². The number of carbonyl (C=O) groups is 1. The molecule has 0 radical (unpaired) electrons. The Kier molecular flexibility index (Phi) is 3.59. The van der Waals surface area contributed by atoms with E-state index in [0.29, 0.717) is 11.3 Å². The van der Waals surface area contributed by atoms with E-state index in [1.54, 1.807) is 20.8 Å². The zero-order valence-corrected chi connectivity index (χ0v) is 10.3. The molecule has 0 bridgehead atoms. The Hall–Kier alpha value is -1.72. The van der Waals surface area contributed by atoms with Crippen molar-refractivity contribution in [3.63, 3.8) is 0 Å². The summed E-state index contributed by atoms with van der Waals surface area (Å²) in [6, 6.07) is 4.15. The number of nitrogens with two attached hydrogens (primary N) is 1. The van der Waals surface area contributed by atoms with Crippen LogP contribution in [0.4, 0.5) is 18.9 Å². The van der Waals surface area contributed by atoms with Crippen LogP contribution in [-0.2, 0) is 10.2 Å². The van der Waals surface area contributed by atoms with Crippen LogP contribution in [0, 0.1) is 0 Å². The number of halogens is 3. The number of rotatable bonds is 1. The largest absolute Gasteiger partial charge is 0.491 e. The van der Waals surface area contributed by atoms with Gasteiger partial charge in [0.1, 0.15) is 5.75 Å². The van der Waals surface area contributed by atoms with Gasteiger partial charge in [-0.05, 0) is 23.6 Å². The van der Waals surface area contributed by atoms with Gasteiger partial charge in [0.25, 0.3) is 0 Å². The molecule has 18 heavy (non-hydrogen) atoms. The third-order valence-electron chi connectivity index (χ3n) is 2.25. The molecule has 0 aliphatic carbocycles. The van der Waals surface area contributed by atoms with E-state index in [-0.39, 0.29) is 5.75 Å². The lowest BCUT2D eigenvalue weighted by Gasteiger charge is -2.22. The van der Waals surface area contributed by atoms with Crippen LogP contribution < -0.4 is 10.5 Å². The molecule has 0 saturated heterocycles. The zero-order chi connectivity index (χ0) is 14.1. The molecule has 0 spiro atoms. The van der Waals surface area contributed by atoms with Crippen molar-refractivity contribution in [2.75, 3.05) is 5.73 Å². The molecule has 2 N–H and O–H groups in total. The molecule has 1 aromatic rings. The Balaban J connectivity index is 3.14. The number of hydrogen-bond donors (Lipinski definition) is 1. The third-order valence-corrected chi connectivity index (χ3v) is 2.25. The maximum atomic E-state index is 12.1. The first-order chi connectivity index (χ1) is 8.01. The second-order valence-corrected chi connectivity index (χ2v) is 4.89. The molecule has 100 valence electrons. The van der Waals surface area contributed by atoms with Gasteiger partial charge in [-0.25, -0.2) is 4.79 Å². The lowest BCUT2D eigenvalue weighted by atomic mass is 9.86. The second-order valence-electron chi connectivity index (χ2n) is 4.89. The summed E-state index contributed by atoms with van der Waals surface area (Å²) in [4.78, 5) is 10.8. The highest BCUT2D eigenvalue weighted by molar-refractivity contribution is 5.78. The summed E-state index contributed by atoms with van der Waals surface area (Å²) in [6.07, 6.45) is -5.02. The predicted molar refractivity (Wildman–Crippen MR) is 61.2 cm³/mol. The minimum atomic E-state index is -5.02. The molecule has 1 rings (SSSR count). The van der Waals surface area contributed by atoms with Crippen molar-refractivity contribution in [1.82, 2.24) is 0 Å². The minimum absolute atomic E-state index is 0.126. The SMILES string of the molecule is CC(C)(C)c1cc(N)ccc1OC(=O)C(F)(F)F. The van der Waals surface area contributed by atoms with E-state index in [1.807, 2.05) is 0 Å². The lowest BCUT2D eigenvalue weighted by Crippen LogP contribution is -2.29. The minimum Gasteiger partial charge on any atom is -0.420 e. The fraction of sp³-hybridized carbons (Fsp3) is 0.417. The summed E-state index contributed by atoms with van der Waals surface area (Å²) in [5.41, 5.74) is 5.93. The zero-order valence-electron chi connectivity index (χ0n) is 10.3. The summed E-state index contributed by atoms with van der Waals surface area (Å²) in [7, 11) is 0. The van der Waals surface area contributed by atoms with Crippen LogP contribution in [0.1, 0.15) is 26.3 Å². The Labute approximate surface area is 103 Å². The van der Waals surface area contributed by atoms with Crippen LogP contribution in [0.15, 0.2) is 18.2 Å². The Morgan fingerprint density at radius 1 is 1.22 bits per heavy atom. The van der Waals surface area contributed by atoms with E-state index < -0.39 is 17.6 Å². The smallest absolute Gasteiger partial charge is 0.420 e. The normalized spacial score (nSPS) is 12.3. The molecule has 0 unspecified atom stereocenters. The Morgan fingerprint density at radius 2 is 1.78 bits per heavy atom. The van der Waals surface area contributed by atoms with Gasteiger partial charge < -0.3 is 10.5 Å². The predicted octanol–water partition coefficient (Wildman–Crippen LogP) is 3.03. The number of benzene rings is 1. The average molecular weight is 261 g/mol. The first-order valence-electron chi connectivity index (χ1n) is 5.21. The topological polar surface area (TPSA) is 52.3 Å². The molecule has 0 amide bonds. The number of ether oxygens (including phenoxy) is 1. The summed E-state index contributed by atoms with van der Waals surface area (Å²) in [5.74, 6) is -2.36. The van der Waals surface area contributed by atoms with Crippen molar-refractivity contribution in [2.45, 2.75) is 32.4 Å². The first kappa shape index (κ1) is 14.3. The molecule has 0 fully saturated rings. The van der Waals surface area contributed by atoms with Crippen LogP contribution in [0.3, 0.4) is 0 Å². The maximum Gasteiger partial charge on any atom is 0.491 e. The number of esters is 1. The van der Waals surface area contributed by atoms with Gasteiger partial charge >= 0.3 is 12.1 Å². The number of carbonyl (C=O) groups excluding carboxylic acids is 1. The number of alkyl halides is 3. The standard InChI is InChI=1S/C12H14F3NO2/c1-11(2,3)8-6-7(16)4-5-9(8)18-10(17)12(13,14)15/h4-6H,16H2,1-3H3. The van der Waals surface area contributed by atoms with Gasteiger partial charge in [0.2, 0.25) is 0 Å². The van der Waals surface area contributed by atoms with Gasteiger partial charge in [0, 0.05) is 11.3 Å². The van der Waals surface area contributed by atoms with Gasteiger partial charge in [-0.1, -0.05) is 20.8 Å². The third kappa shape index (κ3) is 3.38. The van der Waals surface area contributed by atoms with E-state index in [4.69, 9.17) is 5.73 Å². The molecular weight excluding hydrogens is 247 g/mol. The molecule has 0 saturated carbocycles. The van der Waals surface area contributed by atoms with E-state index in [0.717, 1.165) is 0 Å². The molecule has 0 aromatic heterocycles. The molecule has 3 nitrogen and oxygen atoms in total. The summed E-state index contributed by atoms with van der Waals surface area (Å²) in [5, 5.41) is 0. The second kappa shape index (κ2) is 4.51. The monoisotopic (exact) mass is 261 g/mol. The molecule has 0 heterocycles. The van der Waals surface area contributed by atoms with E-state index in [2.05, 4.69) is 4.74 Å². The first-order valence-corrected chi connectivity index (χ1v) is 5.21.